The van der Waals surface area contributed by atoms with Gasteiger partial charge in [0.1, 0.15) is 18.1 Å². The molecule has 0 atom stereocenters. The number of fused-ring (bicyclic) bond motifs is 1. The Hall–Kier alpha value is -3.53. The first kappa shape index (κ1) is 17.9. The number of rotatable bonds is 6. The summed E-state index contributed by atoms with van der Waals surface area (Å²) in [5.74, 6) is 1.34. The van der Waals surface area contributed by atoms with E-state index in [-0.39, 0.29) is 18.3 Å². The molecule has 0 saturated heterocycles. The molecule has 4 aromatic rings. The van der Waals surface area contributed by atoms with E-state index in [9.17, 15) is 4.79 Å². The third kappa shape index (κ3) is 4.07. The van der Waals surface area contributed by atoms with Gasteiger partial charge in [0.15, 0.2) is 5.76 Å². The van der Waals surface area contributed by atoms with Gasteiger partial charge in [-0.05, 0) is 59.2 Å². The van der Waals surface area contributed by atoms with Crippen LogP contribution in [-0.4, -0.2) is 5.91 Å². The maximum Gasteiger partial charge on any atom is 0.291 e. The summed E-state index contributed by atoms with van der Waals surface area (Å²) < 4.78 is 11.4. The molecule has 1 N–H and O–H groups in total. The number of benzene rings is 3. The normalized spacial score (nSPS) is 10.8. The highest BCUT2D eigenvalue weighted by atomic mass is 16.5. The molecule has 1 heterocycles. The summed E-state index contributed by atoms with van der Waals surface area (Å²) in [5, 5.41) is 5.13. The molecule has 0 fully saturated rings. The van der Waals surface area contributed by atoms with E-state index in [0.717, 1.165) is 23.2 Å². The molecule has 0 aliphatic rings. The molecule has 1 amide bonds. The number of anilines is 1. The molecule has 0 bridgehead atoms. The van der Waals surface area contributed by atoms with E-state index in [1.54, 1.807) is 12.1 Å². The van der Waals surface area contributed by atoms with Crippen LogP contribution in [-0.2, 0) is 13.0 Å². The van der Waals surface area contributed by atoms with Gasteiger partial charge in [-0.3, -0.25) is 4.79 Å². The van der Waals surface area contributed by atoms with Crippen molar-refractivity contribution in [2.24, 2.45) is 0 Å². The second kappa shape index (κ2) is 8.01. The number of furan rings is 1. The maximum absolute atomic E-state index is 12.4. The van der Waals surface area contributed by atoms with E-state index in [4.69, 9.17) is 9.15 Å². The fourth-order valence-corrected chi connectivity index (χ4v) is 3.01. The van der Waals surface area contributed by atoms with Crippen molar-refractivity contribution in [1.82, 2.24) is 0 Å². The van der Waals surface area contributed by atoms with Gasteiger partial charge in [-0.2, -0.15) is 0 Å². The van der Waals surface area contributed by atoms with Crippen molar-refractivity contribution in [2.45, 2.75) is 20.0 Å². The Labute approximate surface area is 163 Å². The molecule has 140 valence electrons. The molecular weight excluding hydrogens is 350 g/mol. The molecule has 4 heteroatoms. The zero-order valence-corrected chi connectivity index (χ0v) is 15.6. The molecule has 0 spiro atoms. The Morgan fingerprint density at radius 1 is 0.929 bits per heavy atom. The summed E-state index contributed by atoms with van der Waals surface area (Å²) in [6, 6.07) is 25.3. The summed E-state index contributed by atoms with van der Waals surface area (Å²) in [4.78, 5) is 12.4. The minimum atomic E-state index is -0.277. The Kier molecular flexibility index (Phi) is 5.11. The lowest BCUT2D eigenvalue weighted by molar-refractivity contribution is 0.0992. The molecule has 0 aliphatic heterocycles. The van der Waals surface area contributed by atoms with Gasteiger partial charge in [0, 0.05) is 5.69 Å². The summed E-state index contributed by atoms with van der Waals surface area (Å²) in [6.07, 6.45) is 0.965. The molecule has 0 unspecified atom stereocenters. The van der Waals surface area contributed by atoms with Crippen LogP contribution in [0.15, 0.2) is 83.3 Å². The van der Waals surface area contributed by atoms with Crippen molar-refractivity contribution < 1.29 is 13.9 Å². The Balaban J connectivity index is 1.38. The van der Waals surface area contributed by atoms with Crippen molar-refractivity contribution in [3.05, 3.63) is 95.9 Å². The van der Waals surface area contributed by atoms with Gasteiger partial charge in [-0.25, -0.2) is 0 Å². The molecular formula is C24H21NO3. The highest BCUT2D eigenvalue weighted by Crippen LogP contribution is 2.22. The first-order chi connectivity index (χ1) is 13.7. The van der Waals surface area contributed by atoms with Crippen molar-refractivity contribution in [3.63, 3.8) is 0 Å². The van der Waals surface area contributed by atoms with Gasteiger partial charge < -0.3 is 14.5 Å². The quantitative estimate of drug-likeness (QED) is 0.464. The minimum Gasteiger partial charge on any atom is -0.486 e. The number of carbonyl (C=O) groups excluding carboxylic acids is 1. The number of hydrogen-bond acceptors (Lipinski definition) is 3. The van der Waals surface area contributed by atoms with Gasteiger partial charge in [0.05, 0.1) is 0 Å². The molecule has 4 nitrogen and oxygen atoms in total. The smallest absolute Gasteiger partial charge is 0.291 e. The zero-order chi connectivity index (χ0) is 19.3. The van der Waals surface area contributed by atoms with E-state index in [1.165, 1.54) is 10.9 Å². The Bertz CT molecular complexity index is 1100. The van der Waals surface area contributed by atoms with Crippen molar-refractivity contribution in [2.75, 3.05) is 5.32 Å². The molecule has 0 radical (unpaired) electrons. The van der Waals surface area contributed by atoms with Crippen molar-refractivity contribution in [3.8, 4) is 5.75 Å². The van der Waals surface area contributed by atoms with Crippen LogP contribution >= 0.6 is 0 Å². The van der Waals surface area contributed by atoms with Crippen LogP contribution in [0.5, 0.6) is 5.75 Å². The van der Waals surface area contributed by atoms with Crippen LogP contribution in [0.1, 0.15) is 28.8 Å². The number of aryl methyl sites for hydroxylation is 1. The number of ether oxygens (including phenoxy) is 1. The second-order valence-corrected chi connectivity index (χ2v) is 6.57. The van der Waals surface area contributed by atoms with Crippen LogP contribution in [0.2, 0.25) is 0 Å². The largest absolute Gasteiger partial charge is 0.486 e. The average molecular weight is 371 g/mol. The van der Waals surface area contributed by atoms with Crippen LogP contribution in [0.25, 0.3) is 10.8 Å². The van der Waals surface area contributed by atoms with E-state index < -0.39 is 0 Å². The van der Waals surface area contributed by atoms with Gasteiger partial charge in [0.2, 0.25) is 0 Å². The van der Waals surface area contributed by atoms with E-state index in [0.29, 0.717) is 5.76 Å². The Morgan fingerprint density at radius 2 is 1.71 bits per heavy atom. The van der Waals surface area contributed by atoms with E-state index in [2.05, 4.69) is 18.3 Å². The van der Waals surface area contributed by atoms with Gasteiger partial charge in [0.25, 0.3) is 5.91 Å². The molecule has 4 rings (SSSR count). The van der Waals surface area contributed by atoms with Gasteiger partial charge in [-0.1, -0.05) is 49.4 Å². The van der Waals surface area contributed by atoms with E-state index in [1.807, 2.05) is 60.7 Å². The van der Waals surface area contributed by atoms with Crippen molar-refractivity contribution in [1.29, 1.82) is 0 Å². The zero-order valence-electron chi connectivity index (χ0n) is 15.6. The standard InChI is InChI=1S/C24H21NO3/c1-2-17-7-10-20(11-8-17)25-24(26)23-14-13-22(28-23)16-27-21-12-9-18-5-3-4-6-19(18)15-21/h3-15H,2,16H2,1H3,(H,25,26). The molecule has 0 aliphatic carbocycles. The van der Waals surface area contributed by atoms with Crippen LogP contribution in [0.3, 0.4) is 0 Å². The Morgan fingerprint density at radius 3 is 2.50 bits per heavy atom. The van der Waals surface area contributed by atoms with Gasteiger partial charge >= 0.3 is 0 Å². The van der Waals surface area contributed by atoms with Gasteiger partial charge in [-0.15, -0.1) is 0 Å². The minimum absolute atomic E-state index is 0.261. The third-order valence-electron chi connectivity index (χ3n) is 4.61. The van der Waals surface area contributed by atoms with Crippen LogP contribution in [0, 0.1) is 0 Å². The number of nitrogens with one attached hydrogen (secondary N) is 1. The molecule has 1 aromatic heterocycles. The maximum atomic E-state index is 12.4. The summed E-state index contributed by atoms with van der Waals surface area (Å²) in [7, 11) is 0. The fraction of sp³-hybridized carbons (Fsp3) is 0.125. The number of carbonyl (C=O) groups is 1. The topological polar surface area (TPSA) is 51.5 Å². The highest BCUT2D eigenvalue weighted by molar-refractivity contribution is 6.02. The lowest BCUT2D eigenvalue weighted by atomic mass is 10.1. The molecule has 0 saturated carbocycles. The lowest BCUT2D eigenvalue weighted by Crippen LogP contribution is -2.10. The van der Waals surface area contributed by atoms with Crippen molar-refractivity contribution >= 4 is 22.4 Å². The predicted octanol–water partition coefficient (Wildman–Crippen LogP) is 5.83. The van der Waals surface area contributed by atoms with Crippen LogP contribution in [0.4, 0.5) is 5.69 Å². The monoisotopic (exact) mass is 371 g/mol. The first-order valence-corrected chi connectivity index (χ1v) is 9.32. The summed E-state index contributed by atoms with van der Waals surface area (Å²) in [5.41, 5.74) is 1.97. The number of hydrogen-bond donors (Lipinski definition) is 1. The third-order valence-corrected chi connectivity index (χ3v) is 4.61. The second-order valence-electron chi connectivity index (χ2n) is 6.57. The molecule has 28 heavy (non-hydrogen) atoms. The van der Waals surface area contributed by atoms with Crippen LogP contribution < -0.4 is 10.1 Å². The average Bonchev–Trinajstić information content (AvgIpc) is 3.22. The number of amides is 1. The highest BCUT2D eigenvalue weighted by Gasteiger charge is 2.12. The SMILES string of the molecule is CCc1ccc(NC(=O)c2ccc(COc3ccc4ccccc4c3)o2)cc1. The first-order valence-electron chi connectivity index (χ1n) is 9.32. The summed E-state index contributed by atoms with van der Waals surface area (Å²) in [6.45, 7) is 2.36. The molecule has 3 aromatic carbocycles. The van der Waals surface area contributed by atoms with E-state index >= 15 is 0 Å². The lowest BCUT2D eigenvalue weighted by Gasteiger charge is -2.06. The summed E-state index contributed by atoms with van der Waals surface area (Å²) >= 11 is 0. The predicted molar refractivity (Wildman–Crippen MR) is 111 cm³/mol. The fourth-order valence-electron chi connectivity index (χ4n) is 3.01.